The first-order valence-electron chi connectivity index (χ1n) is 18.6. The zero-order chi connectivity index (χ0) is 37.0. The average Bonchev–Trinajstić information content (AvgIpc) is 3.86. The van der Waals surface area contributed by atoms with Crippen LogP contribution in [0.15, 0.2) is 217 Å². The van der Waals surface area contributed by atoms with Crippen molar-refractivity contribution in [3.63, 3.8) is 0 Å². The lowest BCUT2D eigenvalue weighted by Crippen LogP contribution is -2.02. The van der Waals surface area contributed by atoms with E-state index >= 15 is 0 Å². The van der Waals surface area contributed by atoms with E-state index in [9.17, 15) is 0 Å². The van der Waals surface area contributed by atoms with Crippen LogP contribution in [0.1, 0.15) is 27.9 Å². The Balaban J connectivity index is 1.49. The molecule has 0 saturated heterocycles. The Hall–Kier alpha value is -7.23. The van der Waals surface area contributed by atoms with Crippen LogP contribution in [-0.4, -0.2) is 17.8 Å². The minimum atomic E-state index is 0.793. The molecule has 1 aromatic heterocycles. The molecule has 0 atom stereocenters. The Morgan fingerprint density at radius 2 is 0.836 bits per heavy atom. The lowest BCUT2D eigenvalue weighted by Gasteiger charge is -2.17. The van der Waals surface area contributed by atoms with Gasteiger partial charge in [-0.1, -0.05) is 194 Å². The van der Waals surface area contributed by atoms with Gasteiger partial charge in [0, 0.05) is 33.4 Å². The molecular weight excluding hydrogens is 669 g/mol. The molecule has 3 nitrogen and oxygen atoms in total. The van der Waals surface area contributed by atoms with Crippen molar-refractivity contribution < 1.29 is 4.74 Å². The van der Waals surface area contributed by atoms with Crippen LogP contribution in [0.5, 0.6) is 5.75 Å². The first-order valence-corrected chi connectivity index (χ1v) is 18.6. The maximum absolute atomic E-state index is 5.76. The van der Waals surface area contributed by atoms with Gasteiger partial charge in [-0.15, -0.1) is 0 Å². The standard InChI is InChI=1S/C52H38N2O/c1-55-43-34-32-40(33-35-43)48(51-46(38-24-12-4-13-25-38)44(36-20-8-2-9-21-36)49(53-51)41-28-16-6-17-29-41)52-47(39-26-14-5-15-27-39)45(37-22-10-3-11-23-37)50(54-52)42-30-18-7-19-31-42/h2-35,53H,1H3/b52-48-. The number of ether oxygens (including phenoxy) is 1. The van der Waals surface area contributed by atoms with E-state index in [1.54, 1.807) is 7.11 Å². The van der Waals surface area contributed by atoms with Crippen molar-refractivity contribution in [2.45, 2.75) is 0 Å². The summed E-state index contributed by atoms with van der Waals surface area (Å²) in [7, 11) is 1.71. The van der Waals surface area contributed by atoms with Gasteiger partial charge in [-0.3, -0.25) is 0 Å². The van der Waals surface area contributed by atoms with Crippen molar-refractivity contribution in [1.82, 2.24) is 4.98 Å². The molecule has 0 bridgehead atoms. The molecule has 0 saturated carbocycles. The van der Waals surface area contributed by atoms with Crippen LogP contribution in [-0.2, 0) is 0 Å². The number of aromatic nitrogens is 1. The van der Waals surface area contributed by atoms with Crippen molar-refractivity contribution in [3.05, 3.63) is 240 Å². The number of hydrogen-bond donors (Lipinski definition) is 1. The molecule has 2 heterocycles. The molecule has 0 fully saturated rings. The van der Waals surface area contributed by atoms with Crippen LogP contribution in [0.4, 0.5) is 0 Å². The van der Waals surface area contributed by atoms with Crippen molar-refractivity contribution in [3.8, 4) is 39.3 Å². The zero-order valence-corrected chi connectivity index (χ0v) is 30.5. The number of methoxy groups -OCH3 is 1. The Morgan fingerprint density at radius 1 is 0.418 bits per heavy atom. The lowest BCUT2D eigenvalue weighted by molar-refractivity contribution is 0.415. The highest BCUT2D eigenvalue weighted by molar-refractivity contribution is 6.42. The highest BCUT2D eigenvalue weighted by Gasteiger charge is 2.33. The molecule has 0 aliphatic carbocycles. The maximum Gasteiger partial charge on any atom is 0.118 e. The molecule has 0 spiro atoms. The predicted octanol–water partition coefficient (Wildman–Crippen LogP) is 12.9. The molecular formula is C52H38N2O. The van der Waals surface area contributed by atoms with Crippen molar-refractivity contribution in [1.29, 1.82) is 0 Å². The normalized spacial score (nSPS) is 13.4. The van der Waals surface area contributed by atoms with Crippen LogP contribution < -0.4 is 4.74 Å². The van der Waals surface area contributed by atoms with Gasteiger partial charge < -0.3 is 9.72 Å². The number of aromatic amines is 1. The van der Waals surface area contributed by atoms with Crippen LogP contribution in [0.25, 0.3) is 50.2 Å². The quantitative estimate of drug-likeness (QED) is 0.159. The topological polar surface area (TPSA) is 37.4 Å². The van der Waals surface area contributed by atoms with Gasteiger partial charge in [-0.25, -0.2) is 4.99 Å². The molecule has 0 amide bonds. The number of aliphatic imine (C=N–C) groups is 1. The van der Waals surface area contributed by atoms with Crippen molar-refractivity contribution in [2.75, 3.05) is 7.11 Å². The van der Waals surface area contributed by atoms with Gasteiger partial charge >= 0.3 is 0 Å². The Kier molecular flexibility index (Phi) is 9.17. The van der Waals surface area contributed by atoms with E-state index in [0.717, 1.165) is 95.3 Å². The Bertz CT molecular complexity index is 2660. The fourth-order valence-corrected chi connectivity index (χ4v) is 7.67. The smallest absolute Gasteiger partial charge is 0.118 e. The summed E-state index contributed by atoms with van der Waals surface area (Å²) in [4.78, 5) is 9.83. The molecule has 1 N–H and O–H groups in total. The summed E-state index contributed by atoms with van der Waals surface area (Å²) in [5, 5.41) is 0. The van der Waals surface area contributed by atoms with Crippen LogP contribution in [0, 0.1) is 0 Å². The minimum Gasteiger partial charge on any atom is -0.497 e. The minimum absolute atomic E-state index is 0.793. The zero-order valence-electron chi connectivity index (χ0n) is 30.5. The molecule has 7 aromatic carbocycles. The maximum atomic E-state index is 5.76. The molecule has 0 unspecified atom stereocenters. The second-order valence-electron chi connectivity index (χ2n) is 13.5. The average molecular weight is 707 g/mol. The Morgan fingerprint density at radius 3 is 1.33 bits per heavy atom. The summed E-state index contributed by atoms with van der Waals surface area (Å²) >= 11 is 0. The second-order valence-corrected chi connectivity index (χ2v) is 13.5. The molecule has 8 aromatic rings. The van der Waals surface area contributed by atoms with E-state index in [-0.39, 0.29) is 0 Å². The summed E-state index contributed by atoms with van der Waals surface area (Å²) in [6, 6.07) is 72.4. The van der Waals surface area contributed by atoms with Gasteiger partial charge in [-0.2, -0.15) is 0 Å². The van der Waals surface area contributed by atoms with Crippen molar-refractivity contribution in [2.24, 2.45) is 4.99 Å². The molecule has 0 radical (unpaired) electrons. The lowest BCUT2D eigenvalue weighted by atomic mass is 9.85. The number of hydrogen-bond acceptors (Lipinski definition) is 2. The number of nitrogens with one attached hydrogen (secondary N) is 1. The van der Waals surface area contributed by atoms with Crippen molar-refractivity contribution >= 4 is 22.4 Å². The number of H-pyrrole nitrogens is 1. The first kappa shape index (κ1) is 33.6. The van der Waals surface area contributed by atoms with Gasteiger partial charge in [0.05, 0.1) is 29.9 Å². The Labute approximate surface area is 322 Å². The third kappa shape index (κ3) is 6.43. The summed E-state index contributed by atoms with van der Waals surface area (Å²) < 4.78 is 5.69. The highest BCUT2D eigenvalue weighted by Crippen LogP contribution is 2.50. The van der Waals surface area contributed by atoms with E-state index in [0.29, 0.717) is 0 Å². The van der Waals surface area contributed by atoms with Gasteiger partial charge in [0.2, 0.25) is 0 Å². The number of allylic oxidation sites excluding steroid dienone is 2. The molecule has 55 heavy (non-hydrogen) atoms. The van der Waals surface area contributed by atoms with Crippen LogP contribution >= 0.6 is 0 Å². The summed E-state index contributed by atoms with van der Waals surface area (Å²) in [6.45, 7) is 0. The number of nitrogens with zero attached hydrogens (tertiary/aromatic N) is 1. The van der Waals surface area contributed by atoms with E-state index < -0.39 is 0 Å². The van der Waals surface area contributed by atoms with E-state index in [4.69, 9.17) is 9.73 Å². The second kappa shape index (κ2) is 15.0. The molecule has 1 aliphatic heterocycles. The summed E-state index contributed by atoms with van der Waals surface area (Å²) in [5.41, 5.74) is 16.9. The molecule has 262 valence electrons. The first-order chi connectivity index (χ1) is 27.3. The van der Waals surface area contributed by atoms with Gasteiger partial charge in [0.1, 0.15) is 5.75 Å². The SMILES string of the molecule is COc1ccc(/C(=C2/N=C(c3ccccc3)C(c3ccccc3)=C2c2ccccc2)c2[nH]c(-c3ccccc3)c(-c3ccccc3)c2-c2ccccc2)cc1. The van der Waals surface area contributed by atoms with Gasteiger partial charge in [0.25, 0.3) is 0 Å². The third-order valence-electron chi connectivity index (χ3n) is 10.2. The van der Waals surface area contributed by atoms with E-state index in [1.807, 2.05) is 12.1 Å². The van der Waals surface area contributed by atoms with E-state index in [2.05, 4.69) is 199 Å². The highest BCUT2D eigenvalue weighted by atomic mass is 16.5. The fraction of sp³-hybridized carbons (Fsp3) is 0.0192. The number of benzene rings is 7. The van der Waals surface area contributed by atoms with Gasteiger partial charge in [-0.05, 0) is 45.5 Å². The predicted molar refractivity (Wildman–Crippen MR) is 229 cm³/mol. The molecule has 1 aliphatic rings. The van der Waals surface area contributed by atoms with Crippen LogP contribution in [0.3, 0.4) is 0 Å². The summed E-state index contributed by atoms with van der Waals surface area (Å²) in [5.74, 6) is 0.793. The summed E-state index contributed by atoms with van der Waals surface area (Å²) in [6.07, 6.45) is 0. The fourth-order valence-electron chi connectivity index (χ4n) is 7.67. The third-order valence-corrected chi connectivity index (χ3v) is 10.2. The van der Waals surface area contributed by atoms with E-state index in [1.165, 1.54) is 0 Å². The number of rotatable bonds is 9. The largest absolute Gasteiger partial charge is 0.497 e. The monoisotopic (exact) mass is 706 g/mol. The molecule has 3 heteroatoms. The van der Waals surface area contributed by atoms with Gasteiger partial charge in [0.15, 0.2) is 0 Å². The molecule has 9 rings (SSSR count). The van der Waals surface area contributed by atoms with Crippen LogP contribution in [0.2, 0.25) is 0 Å².